The van der Waals surface area contributed by atoms with Gasteiger partial charge in [-0.3, -0.25) is 4.79 Å². The average Bonchev–Trinajstić information content (AvgIpc) is 3.16. The largest absolute Gasteiger partial charge is 0.490 e. The van der Waals surface area contributed by atoms with Gasteiger partial charge in [0.2, 0.25) is 0 Å². The Labute approximate surface area is 150 Å². The number of para-hydroxylation sites is 1. The molecule has 1 N–H and O–H groups in total. The molecule has 0 bridgehead atoms. The van der Waals surface area contributed by atoms with E-state index in [1.54, 1.807) is 6.20 Å². The molecule has 0 aliphatic heterocycles. The van der Waals surface area contributed by atoms with E-state index in [2.05, 4.69) is 10.3 Å². The van der Waals surface area contributed by atoms with Crippen LogP contribution in [0.3, 0.4) is 0 Å². The zero-order valence-electron chi connectivity index (χ0n) is 14.2. The maximum atomic E-state index is 12.5. The second-order valence-corrected chi connectivity index (χ2v) is 7.35. The van der Waals surface area contributed by atoms with E-state index in [9.17, 15) is 4.79 Å². The molecule has 1 atom stereocenters. The first kappa shape index (κ1) is 16.1. The normalized spacial score (nSPS) is 15.3. The first-order valence-corrected chi connectivity index (χ1v) is 9.39. The van der Waals surface area contributed by atoms with E-state index in [1.807, 2.05) is 38.1 Å². The highest BCUT2D eigenvalue weighted by molar-refractivity contribution is 7.13. The van der Waals surface area contributed by atoms with Gasteiger partial charge in [0.1, 0.15) is 10.6 Å². The summed E-state index contributed by atoms with van der Waals surface area (Å²) in [5.74, 6) is 1.89. The molecule has 2 aromatic heterocycles. The van der Waals surface area contributed by atoms with E-state index in [0.717, 1.165) is 16.1 Å². The lowest BCUT2D eigenvalue weighted by molar-refractivity contribution is 0.0939. The molecule has 0 radical (unpaired) electrons. The fourth-order valence-corrected chi connectivity index (χ4v) is 3.78. The van der Waals surface area contributed by atoms with Crippen LogP contribution >= 0.6 is 11.3 Å². The molecule has 1 aliphatic carbocycles. The summed E-state index contributed by atoms with van der Waals surface area (Å²) in [5, 5.41) is 5.03. The monoisotopic (exact) mass is 356 g/mol. The van der Waals surface area contributed by atoms with E-state index < -0.39 is 0 Å². The van der Waals surface area contributed by atoms with Gasteiger partial charge >= 0.3 is 0 Å². The molecule has 3 aromatic rings. The number of hydrogen-bond donors (Lipinski definition) is 1. The molecule has 1 amide bonds. The third-order valence-electron chi connectivity index (χ3n) is 4.28. The van der Waals surface area contributed by atoms with Gasteiger partial charge in [-0.05, 0) is 38.8 Å². The number of furan rings is 1. The second kappa shape index (κ2) is 6.52. The van der Waals surface area contributed by atoms with Crippen LogP contribution in [0.1, 0.15) is 59.1 Å². The molecular formula is C19H20N2O3S. The van der Waals surface area contributed by atoms with Crippen LogP contribution in [0.2, 0.25) is 0 Å². The zero-order valence-corrected chi connectivity index (χ0v) is 15.1. The number of rotatable bonds is 6. The maximum Gasteiger partial charge on any atom is 0.263 e. The Morgan fingerprint density at radius 2 is 2.32 bits per heavy atom. The molecule has 2 heterocycles. The highest BCUT2D eigenvalue weighted by Gasteiger charge is 2.28. The molecule has 1 aliphatic rings. The minimum atomic E-state index is -0.235. The van der Waals surface area contributed by atoms with Crippen molar-refractivity contribution in [1.82, 2.24) is 10.3 Å². The summed E-state index contributed by atoms with van der Waals surface area (Å²) in [6.07, 6.45) is 4.05. The van der Waals surface area contributed by atoms with Crippen LogP contribution < -0.4 is 10.1 Å². The molecule has 4 rings (SSSR count). The smallest absolute Gasteiger partial charge is 0.263 e. The number of nitrogens with zero attached hydrogens (tertiary/aromatic N) is 1. The van der Waals surface area contributed by atoms with Crippen molar-refractivity contribution in [3.8, 4) is 5.75 Å². The minimum absolute atomic E-state index is 0.109. The average molecular weight is 356 g/mol. The van der Waals surface area contributed by atoms with Crippen LogP contribution in [-0.4, -0.2) is 17.5 Å². The van der Waals surface area contributed by atoms with Gasteiger partial charge in [0.15, 0.2) is 11.3 Å². The van der Waals surface area contributed by atoms with Crippen LogP contribution in [0.5, 0.6) is 5.75 Å². The van der Waals surface area contributed by atoms with Crippen molar-refractivity contribution >= 4 is 28.2 Å². The fourth-order valence-electron chi connectivity index (χ4n) is 2.79. The summed E-state index contributed by atoms with van der Waals surface area (Å²) in [6.45, 7) is 4.44. The van der Waals surface area contributed by atoms with Crippen molar-refractivity contribution in [2.75, 3.05) is 6.61 Å². The maximum absolute atomic E-state index is 12.5. The first-order chi connectivity index (χ1) is 12.2. The number of benzene rings is 1. The summed E-state index contributed by atoms with van der Waals surface area (Å²) >= 11 is 1.49. The van der Waals surface area contributed by atoms with Crippen molar-refractivity contribution in [3.05, 3.63) is 46.1 Å². The fraction of sp³-hybridized carbons (Fsp3) is 0.368. The number of thiazole rings is 1. The topological polar surface area (TPSA) is 64.4 Å². The number of ether oxygens (including phenoxy) is 1. The molecule has 1 fully saturated rings. The number of hydrogen-bond acceptors (Lipinski definition) is 5. The van der Waals surface area contributed by atoms with Crippen molar-refractivity contribution in [3.63, 3.8) is 0 Å². The van der Waals surface area contributed by atoms with Gasteiger partial charge in [-0.15, -0.1) is 11.3 Å². The Kier molecular flexibility index (Phi) is 4.21. The number of fused-ring (bicyclic) bond motifs is 1. The summed E-state index contributed by atoms with van der Waals surface area (Å²) in [5.41, 5.74) is 0.717. The standard InChI is InChI=1S/C19H20N2O3S/c1-3-23-14-6-4-5-13-9-15(24-17(13)14)11(2)21-18(22)16-10-20-19(25-16)12-7-8-12/h4-6,9-12H,3,7-8H2,1-2H3,(H,21,22). The number of carbonyl (C=O) groups is 1. The Balaban J connectivity index is 1.51. The van der Waals surface area contributed by atoms with Gasteiger partial charge in [-0.2, -0.15) is 0 Å². The molecule has 1 aromatic carbocycles. The lowest BCUT2D eigenvalue weighted by atomic mass is 10.2. The van der Waals surface area contributed by atoms with Crippen molar-refractivity contribution in [1.29, 1.82) is 0 Å². The van der Waals surface area contributed by atoms with Crippen molar-refractivity contribution < 1.29 is 13.9 Å². The second-order valence-electron chi connectivity index (χ2n) is 6.29. The zero-order chi connectivity index (χ0) is 17.4. The van der Waals surface area contributed by atoms with E-state index in [1.165, 1.54) is 24.2 Å². The predicted octanol–water partition coefficient (Wildman–Crippen LogP) is 4.66. The highest BCUT2D eigenvalue weighted by Crippen LogP contribution is 2.41. The van der Waals surface area contributed by atoms with Crippen molar-refractivity contribution in [2.24, 2.45) is 0 Å². The Morgan fingerprint density at radius 3 is 3.08 bits per heavy atom. The van der Waals surface area contributed by atoms with E-state index >= 15 is 0 Å². The SMILES string of the molecule is CCOc1cccc2cc(C(C)NC(=O)c3cnc(C4CC4)s3)oc12. The van der Waals surface area contributed by atoms with E-state index in [4.69, 9.17) is 9.15 Å². The predicted molar refractivity (Wildman–Crippen MR) is 97.4 cm³/mol. The lowest BCUT2D eigenvalue weighted by Crippen LogP contribution is -2.25. The van der Waals surface area contributed by atoms with Gasteiger partial charge in [0, 0.05) is 11.3 Å². The first-order valence-electron chi connectivity index (χ1n) is 8.57. The molecule has 0 saturated heterocycles. The Hall–Kier alpha value is -2.34. The van der Waals surface area contributed by atoms with Crippen LogP contribution in [-0.2, 0) is 0 Å². The summed E-state index contributed by atoms with van der Waals surface area (Å²) in [6, 6.07) is 7.52. The molecule has 130 valence electrons. The third-order valence-corrected chi connectivity index (χ3v) is 5.43. The third kappa shape index (κ3) is 3.26. The van der Waals surface area contributed by atoms with Crippen LogP contribution in [0, 0.1) is 0 Å². The Bertz CT molecular complexity index is 910. The van der Waals surface area contributed by atoms with Crippen molar-refractivity contribution in [2.45, 2.75) is 38.6 Å². The van der Waals surface area contributed by atoms with Gasteiger partial charge in [0.05, 0.1) is 23.9 Å². The highest BCUT2D eigenvalue weighted by atomic mass is 32.1. The van der Waals surface area contributed by atoms with E-state index in [-0.39, 0.29) is 11.9 Å². The van der Waals surface area contributed by atoms with Crippen LogP contribution in [0.15, 0.2) is 34.9 Å². The summed E-state index contributed by atoms with van der Waals surface area (Å²) < 4.78 is 11.6. The van der Waals surface area contributed by atoms with Gasteiger partial charge in [-0.25, -0.2) is 4.98 Å². The summed E-state index contributed by atoms with van der Waals surface area (Å²) in [4.78, 5) is 17.5. The molecule has 0 spiro atoms. The van der Waals surface area contributed by atoms with Crippen LogP contribution in [0.4, 0.5) is 0 Å². The lowest BCUT2D eigenvalue weighted by Gasteiger charge is -2.10. The number of aromatic nitrogens is 1. The number of carbonyl (C=O) groups excluding carboxylic acids is 1. The number of nitrogens with one attached hydrogen (secondary N) is 1. The van der Waals surface area contributed by atoms with Gasteiger partial charge in [0.25, 0.3) is 5.91 Å². The van der Waals surface area contributed by atoms with Gasteiger partial charge in [-0.1, -0.05) is 12.1 Å². The molecule has 1 saturated carbocycles. The number of amides is 1. The summed E-state index contributed by atoms with van der Waals surface area (Å²) in [7, 11) is 0. The minimum Gasteiger partial charge on any atom is -0.490 e. The molecule has 25 heavy (non-hydrogen) atoms. The molecule has 1 unspecified atom stereocenters. The Morgan fingerprint density at radius 1 is 1.48 bits per heavy atom. The molecule has 6 heteroatoms. The quantitative estimate of drug-likeness (QED) is 0.698. The van der Waals surface area contributed by atoms with Gasteiger partial charge < -0.3 is 14.5 Å². The van der Waals surface area contributed by atoms with E-state index in [0.29, 0.717) is 28.7 Å². The molecular weight excluding hydrogens is 336 g/mol. The molecule has 5 nitrogen and oxygen atoms in total. The van der Waals surface area contributed by atoms with Crippen LogP contribution in [0.25, 0.3) is 11.0 Å².